The standard InChI is InChI=1S/C20H23ClFN3O2/c1-24(13-14-6-7-18(27-2)17(22)10-14)19-16(21)11-15(12-23-19)20(26)25-8-4-3-5-9-25/h6-7,10-12H,3-5,8-9,13H2,1-2H3. The van der Waals surface area contributed by atoms with E-state index in [1.807, 2.05) is 16.8 Å². The number of nitrogens with zero attached hydrogens (tertiary/aromatic N) is 3. The summed E-state index contributed by atoms with van der Waals surface area (Å²) in [6, 6.07) is 6.47. The molecule has 0 saturated carbocycles. The summed E-state index contributed by atoms with van der Waals surface area (Å²) in [4.78, 5) is 20.6. The lowest BCUT2D eigenvalue weighted by atomic mass is 10.1. The molecule has 0 bridgehead atoms. The van der Waals surface area contributed by atoms with Gasteiger partial charge in [-0.15, -0.1) is 0 Å². The molecule has 2 heterocycles. The maximum Gasteiger partial charge on any atom is 0.255 e. The minimum Gasteiger partial charge on any atom is -0.494 e. The lowest BCUT2D eigenvalue weighted by molar-refractivity contribution is 0.0724. The number of ether oxygens (including phenoxy) is 1. The van der Waals surface area contributed by atoms with E-state index in [2.05, 4.69) is 4.98 Å². The van der Waals surface area contributed by atoms with E-state index >= 15 is 0 Å². The number of benzene rings is 1. The van der Waals surface area contributed by atoms with Crippen LogP contribution in [0.3, 0.4) is 0 Å². The molecule has 1 fully saturated rings. The van der Waals surface area contributed by atoms with Gasteiger partial charge in [0, 0.05) is 32.9 Å². The van der Waals surface area contributed by atoms with Gasteiger partial charge in [-0.3, -0.25) is 4.79 Å². The zero-order chi connectivity index (χ0) is 19.4. The van der Waals surface area contributed by atoms with E-state index in [1.54, 1.807) is 24.4 Å². The van der Waals surface area contributed by atoms with Crippen molar-refractivity contribution in [3.63, 3.8) is 0 Å². The SMILES string of the molecule is COc1ccc(CN(C)c2ncc(C(=O)N3CCCCC3)cc2Cl)cc1F. The number of hydrogen-bond acceptors (Lipinski definition) is 4. The monoisotopic (exact) mass is 391 g/mol. The first-order valence-electron chi connectivity index (χ1n) is 8.98. The fourth-order valence-corrected chi connectivity index (χ4v) is 3.58. The van der Waals surface area contributed by atoms with Gasteiger partial charge in [-0.1, -0.05) is 17.7 Å². The number of anilines is 1. The molecule has 1 aliphatic heterocycles. The van der Waals surface area contributed by atoms with Crippen molar-refractivity contribution in [3.05, 3.63) is 52.4 Å². The van der Waals surface area contributed by atoms with Crippen LogP contribution in [0.1, 0.15) is 35.2 Å². The second-order valence-electron chi connectivity index (χ2n) is 6.71. The molecule has 0 unspecified atom stereocenters. The lowest BCUT2D eigenvalue weighted by Crippen LogP contribution is -2.35. The molecule has 5 nitrogen and oxygen atoms in total. The molecule has 3 rings (SSSR count). The highest BCUT2D eigenvalue weighted by atomic mass is 35.5. The molecule has 2 aromatic rings. The van der Waals surface area contributed by atoms with Crippen LogP contribution in [-0.2, 0) is 6.54 Å². The smallest absolute Gasteiger partial charge is 0.255 e. The maximum atomic E-state index is 13.9. The van der Waals surface area contributed by atoms with Crippen LogP contribution in [0.25, 0.3) is 0 Å². The maximum absolute atomic E-state index is 13.9. The van der Waals surface area contributed by atoms with E-state index in [4.69, 9.17) is 16.3 Å². The Morgan fingerprint density at radius 1 is 1.30 bits per heavy atom. The number of methoxy groups -OCH3 is 1. The number of rotatable bonds is 5. The normalized spacial score (nSPS) is 14.1. The highest BCUT2D eigenvalue weighted by Gasteiger charge is 2.20. The van der Waals surface area contributed by atoms with Crippen LogP contribution in [0, 0.1) is 5.82 Å². The molecule has 1 saturated heterocycles. The van der Waals surface area contributed by atoms with Crippen molar-refractivity contribution in [1.29, 1.82) is 0 Å². The van der Waals surface area contributed by atoms with Crippen LogP contribution in [-0.4, -0.2) is 43.0 Å². The molecular weight excluding hydrogens is 369 g/mol. The van der Waals surface area contributed by atoms with Crippen LogP contribution >= 0.6 is 11.6 Å². The van der Waals surface area contributed by atoms with Crippen molar-refractivity contribution in [2.24, 2.45) is 0 Å². The summed E-state index contributed by atoms with van der Waals surface area (Å²) in [7, 11) is 3.25. The third-order valence-corrected chi connectivity index (χ3v) is 4.99. The Bertz CT molecular complexity index is 825. The molecule has 7 heteroatoms. The molecule has 0 aliphatic carbocycles. The number of carbonyl (C=O) groups is 1. The number of amides is 1. The van der Waals surface area contributed by atoms with Gasteiger partial charge in [0.1, 0.15) is 5.82 Å². The van der Waals surface area contributed by atoms with Crippen LogP contribution in [0.15, 0.2) is 30.5 Å². The Morgan fingerprint density at radius 3 is 2.67 bits per heavy atom. The van der Waals surface area contributed by atoms with E-state index in [9.17, 15) is 9.18 Å². The van der Waals surface area contributed by atoms with E-state index in [1.165, 1.54) is 19.6 Å². The van der Waals surface area contributed by atoms with Crippen molar-refractivity contribution in [1.82, 2.24) is 9.88 Å². The van der Waals surface area contributed by atoms with Gasteiger partial charge in [0.25, 0.3) is 5.91 Å². The summed E-state index contributed by atoms with van der Waals surface area (Å²) in [6.07, 6.45) is 4.79. The number of hydrogen-bond donors (Lipinski definition) is 0. The quantitative estimate of drug-likeness (QED) is 0.768. The molecule has 27 heavy (non-hydrogen) atoms. The van der Waals surface area contributed by atoms with Crippen LogP contribution in [0.5, 0.6) is 5.75 Å². The van der Waals surface area contributed by atoms with E-state index in [0.29, 0.717) is 22.9 Å². The van der Waals surface area contributed by atoms with Crippen molar-refractivity contribution in [2.45, 2.75) is 25.8 Å². The van der Waals surface area contributed by atoms with Crippen LogP contribution < -0.4 is 9.64 Å². The van der Waals surface area contributed by atoms with Crippen molar-refractivity contribution < 1.29 is 13.9 Å². The van der Waals surface area contributed by atoms with E-state index in [-0.39, 0.29) is 11.7 Å². The van der Waals surface area contributed by atoms with Gasteiger partial charge in [0.05, 0.1) is 17.7 Å². The summed E-state index contributed by atoms with van der Waals surface area (Å²) in [5.74, 6) is 0.307. The van der Waals surface area contributed by atoms with Crippen LogP contribution in [0.4, 0.5) is 10.2 Å². The van der Waals surface area contributed by atoms with Crippen molar-refractivity contribution in [2.75, 3.05) is 32.1 Å². The molecule has 0 atom stereocenters. The fraction of sp³-hybridized carbons (Fsp3) is 0.400. The Balaban J connectivity index is 1.72. The van der Waals surface area contributed by atoms with Crippen molar-refractivity contribution in [3.8, 4) is 5.75 Å². The Labute approximate surface area is 163 Å². The molecule has 0 radical (unpaired) electrons. The number of likely N-dealkylation sites (tertiary alicyclic amines) is 1. The zero-order valence-corrected chi connectivity index (χ0v) is 16.3. The van der Waals surface area contributed by atoms with Gasteiger partial charge >= 0.3 is 0 Å². The topological polar surface area (TPSA) is 45.7 Å². The third-order valence-electron chi connectivity index (χ3n) is 4.71. The molecule has 144 valence electrons. The fourth-order valence-electron chi connectivity index (χ4n) is 3.27. The highest BCUT2D eigenvalue weighted by molar-refractivity contribution is 6.33. The molecule has 1 aliphatic rings. The summed E-state index contributed by atoms with van der Waals surface area (Å²) < 4.78 is 18.8. The van der Waals surface area contributed by atoms with E-state index < -0.39 is 5.82 Å². The van der Waals surface area contributed by atoms with Gasteiger partial charge in [-0.25, -0.2) is 9.37 Å². The third kappa shape index (κ3) is 4.50. The van der Waals surface area contributed by atoms with Crippen molar-refractivity contribution >= 4 is 23.3 Å². The Morgan fingerprint density at radius 2 is 2.04 bits per heavy atom. The Hall–Kier alpha value is -2.34. The zero-order valence-electron chi connectivity index (χ0n) is 15.5. The first kappa shape index (κ1) is 19.4. The molecule has 1 aromatic carbocycles. The first-order valence-corrected chi connectivity index (χ1v) is 9.35. The molecule has 0 spiro atoms. The lowest BCUT2D eigenvalue weighted by Gasteiger charge is -2.27. The second-order valence-corrected chi connectivity index (χ2v) is 7.11. The predicted octanol–water partition coefficient (Wildman–Crippen LogP) is 4.15. The van der Waals surface area contributed by atoms with E-state index in [0.717, 1.165) is 31.5 Å². The second kappa shape index (κ2) is 8.57. The molecule has 0 N–H and O–H groups in total. The summed E-state index contributed by atoms with van der Waals surface area (Å²) in [5.41, 5.74) is 1.26. The number of piperidine rings is 1. The number of aromatic nitrogens is 1. The van der Waals surface area contributed by atoms with Gasteiger partial charge in [-0.2, -0.15) is 0 Å². The average molecular weight is 392 g/mol. The van der Waals surface area contributed by atoms with Crippen LogP contribution in [0.2, 0.25) is 5.02 Å². The van der Waals surface area contributed by atoms with Gasteiger partial charge in [0.15, 0.2) is 11.6 Å². The minimum atomic E-state index is -0.412. The minimum absolute atomic E-state index is 0.0319. The Kier molecular flexibility index (Phi) is 6.16. The average Bonchev–Trinajstić information content (AvgIpc) is 2.68. The largest absolute Gasteiger partial charge is 0.494 e. The highest BCUT2D eigenvalue weighted by Crippen LogP contribution is 2.26. The predicted molar refractivity (Wildman–Crippen MR) is 104 cm³/mol. The van der Waals surface area contributed by atoms with Gasteiger partial charge in [-0.05, 0) is 43.0 Å². The number of pyridine rings is 1. The summed E-state index contributed by atoms with van der Waals surface area (Å²) in [6.45, 7) is 1.98. The summed E-state index contributed by atoms with van der Waals surface area (Å²) >= 11 is 6.38. The summed E-state index contributed by atoms with van der Waals surface area (Å²) in [5, 5.41) is 0.398. The molecule has 1 amide bonds. The van der Waals surface area contributed by atoms with Gasteiger partial charge < -0.3 is 14.5 Å². The number of halogens is 2. The first-order chi connectivity index (χ1) is 13.0. The molecule has 1 aromatic heterocycles. The molecular formula is C20H23ClFN3O2. The number of carbonyl (C=O) groups excluding carboxylic acids is 1. The van der Waals surface area contributed by atoms with Gasteiger partial charge in [0.2, 0.25) is 0 Å².